The zero-order chi connectivity index (χ0) is 10.6. The van der Waals surface area contributed by atoms with Crippen LogP contribution < -0.4 is 0 Å². The summed E-state index contributed by atoms with van der Waals surface area (Å²) in [5.41, 5.74) is 0. The minimum absolute atomic E-state index is 0.00176. The van der Waals surface area contributed by atoms with Gasteiger partial charge in [0.05, 0.1) is 12.0 Å². The van der Waals surface area contributed by atoms with Gasteiger partial charge in [0.1, 0.15) is 0 Å². The van der Waals surface area contributed by atoms with Gasteiger partial charge in [-0.15, -0.1) is 0 Å². The summed E-state index contributed by atoms with van der Waals surface area (Å²) in [7, 11) is 0. The number of nitriles is 1. The molecule has 0 N–H and O–H groups in total. The molecule has 1 atom stereocenters. The van der Waals surface area contributed by atoms with Gasteiger partial charge in [0.25, 0.3) is 0 Å². The van der Waals surface area contributed by atoms with E-state index >= 15 is 0 Å². The standard InChI is InChI=1S/C10H16F2N2/c1-8(6-13)7-14-4-2-9(3-5-14)10(11)12/h8-10H,2-5,7H2,1H3. The molecular weight excluding hydrogens is 186 g/mol. The Kier molecular flexibility index (Phi) is 4.27. The summed E-state index contributed by atoms with van der Waals surface area (Å²) in [4.78, 5) is 2.10. The van der Waals surface area contributed by atoms with Gasteiger partial charge in [-0.1, -0.05) is 0 Å². The van der Waals surface area contributed by atoms with E-state index in [-0.39, 0.29) is 5.92 Å². The normalized spacial score (nSPS) is 22.2. The zero-order valence-corrected chi connectivity index (χ0v) is 8.42. The van der Waals surface area contributed by atoms with Crippen molar-refractivity contribution in [3.05, 3.63) is 0 Å². The van der Waals surface area contributed by atoms with Crippen LogP contribution in [0, 0.1) is 23.2 Å². The van der Waals surface area contributed by atoms with Crippen molar-refractivity contribution in [2.75, 3.05) is 19.6 Å². The van der Waals surface area contributed by atoms with Crippen LogP contribution in [-0.2, 0) is 0 Å². The summed E-state index contributed by atoms with van der Waals surface area (Å²) in [6, 6.07) is 2.16. The summed E-state index contributed by atoms with van der Waals surface area (Å²) >= 11 is 0. The number of nitrogens with zero attached hydrogens (tertiary/aromatic N) is 2. The van der Waals surface area contributed by atoms with Crippen molar-refractivity contribution in [2.24, 2.45) is 11.8 Å². The molecule has 0 aromatic carbocycles. The minimum atomic E-state index is -2.18. The molecule has 80 valence electrons. The average molecular weight is 202 g/mol. The lowest BCUT2D eigenvalue weighted by atomic mass is 9.97. The fourth-order valence-electron chi connectivity index (χ4n) is 1.82. The van der Waals surface area contributed by atoms with Gasteiger partial charge in [-0.05, 0) is 32.9 Å². The molecule has 1 unspecified atom stereocenters. The van der Waals surface area contributed by atoms with Gasteiger partial charge in [-0.2, -0.15) is 5.26 Å². The number of rotatable bonds is 3. The third kappa shape index (κ3) is 3.22. The predicted molar refractivity (Wildman–Crippen MR) is 49.9 cm³/mol. The van der Waals surface area contributed by atoms with Crippen LogP contribution >= 0.6 is 0 Å². The molecule has 0 radical (unpaired) electrons. The van der Waals surface area contributed by atoms with E-state index in [0.717, 1.165) is 0 Å². The highest BCUT2D eigenvalue weighted by Crippen LogP contribution is 2.23. The van der Waals surface area contributed by atoms with E-state index in [9.17, 15) is 8.78 Å². The van der Waals surface area contributed by atoms with Crippen LogP contribution in [0.15, 0.2) is 0 Å². The Hall–Kier alpha value is -0.690. The van der Waals surface area contributed by atoms with Crippen LogP contribution in [0.4, 0.5) is 8.78 Å². The molecule has 1 heterocycles. The Bertz CT molecular complexity index is 205. The van der Waals surface area contributed by atoms with E-state index in [4.69, 9.17) is 5.26 Å². The smallest absolute Gasteiger partial charge is 0.241 e. The van der Waals surface area contributed by atoms with E-state index in [2.05, 4.69) is 11.0 Å². The third-order valence-corrected chi connectivity index (χ3v) is 2.74. The Labute approximate surface area is 83.5 Å². The zero-order valence-electron chi connectivity index (χ0n) is 8.42. The highest BCUT2D eigenvalue weighted by atomic mass is 19.3. The fraction of sp³-hybridized carbons (Fsp3) is 0.900. The first-order chi connectivity index (χ1) is 6.63. The largest absolute Gasteiger partial charge is 0.302 e. The Morgan fingerprint density at radius 1 is 1.43 bits per heavy atom. The minimum Gasteiger partial charge on any atom is -0.302 e. The highest BCUT2D eigenvalue weighted by molar-refractivity contribution is 4.83. The van der Waals surface area contributed by atoms with Crippen molar-refractivity contribution in [2.45, 2.75) is 26.2 Å². The molecule has 0 aliphatic carbocycles. The van der Waals surface area contributed by atoms with E-state index in [0.29, 0.717) is 32.5 Å². The summed E-state index contributed by atoms with van der Waals surface area (Å²) in [6.07, 6.45) is -1.04. The SMILES string of the molecule is CC(C#N)CN1CCC(C(F)F)CC1. The Morgan fingerprint density at radius 3 is 2.43 bits per heavy atom. The summed E-state index contributed by atoms with van der Waals surface area (Å²) in [5.74, 6) is -0.429. The van der Waals surface area contributed by atoms with Gasteiger partial charge >= 0.3 is 0 Å². The first-order valence-corrected chi connectivity index (χ1v) is 5.03. The third-order valence-electron chi connectivity index (χ3n) is 2.74. The molecule has 1 saturated heterocycles. The van der Waals surface area contributed by atoms with Crippen molar-refractivity contribution in [1.82, 2.24) is 4.90 Å². The number of piperidine rings is 1. The van der Waals surface area contributed by atoms with Crippen LogP contribution in [-0.4, -0.2) is 31.0 Å². The first kappa shape index (κ1) is 11.4. The Morgan fingerprint density at radius 2 is 2.00 bits per heavy atom. The lowest BCUT2D eigenvalue weighted by Gasteiger charge is -2.31. The molecule has 0 aromatic heterocycles. The maximum atomic E-state index is 12.3. The van der Waals surface area contributed by atoms with Crippen LogP contribution in [0.5, 0.6) is 0 Å². The van der Waals surface area contributed by atoms with E-state index in [1.54, 1.807) is 0 Å². The summed E-state index contributed by atoms with van der Waals surface area (Å²) in [6.45, 7) is 3.99. The maximum absolute atomic E-state index is 12.3. The topological polar surface area (TPSA) is 27.0 Å². The molecule has 1 rings (SSSR count). The first-order valence-electron chi connectivity index (χ1n) is 5.03. The van der Waals surface area contributed by atoms with Gasteiger partial charge in [0, 0.05) is 12.5 Å². The summed E-state index contributed by atoms with van der Waals surface area (Å²) in [5, 5.41) is 8.61. The van der Waals surface area contributed by atoms with Crippen LogP contribution in [0.25, 0.3) is 0 Å². The second-order valence-electron chi connectivity index (χ2n) is 4.00. The molecule has 0 saturated carbocycles. The van der Waals surface area contributed by atoms with Crippen molar-refractivity contribution in [3.8, 4) is 6.07 Å². The molecule has 14 heavy (non-hydrogen) atoms. The number of alkyl halides is 2. The quantitative estimate of drug-likeness (QED) is 0.701. The number of likely N-dealkylation sites (tertiary alicyclic amines) is 1. The Balaban J connectivity index is 2.26. The fourth-order valence-corrected chi connectivity index (χ4v) is 1.82. The number of hydrogen-bond donors (Lipinski definition) is 0. The highest BCUT2D eigenvalue weighted by Gasteiger charge is 2.26. The molecule has 0 bridgehead atoms. The van der Waals surface area contributed by atoms with Crippen molar-refractivity contribution < 1.29 is 8.78 Å². The molecule has 1 fully saturated rings. The van der Waals surface area contributed by atoms with Gasteiger partial charge in [-0.3, -0.25) is 0 Å². The average Bonchev–Trinajstić information content (AvgIpc) is 2.18. The molecule has 1 aliphatic rings. The molecule has 4 heteroatoms. The lowest BCUT2D eigenvalue weighted by Crippen LogP contribution is -2.38. The van der Waals surface area contributed by atoms with Crippen LogP contribution in [0.3, 0.4) is 0 Å². The number of halogens is 2. The van der Waals surface area contributed by atoms with E-state index in [1.165, 1.54) is 0 Å². The second kappa shape index (κ2) is 5.26. The van der Waals surface area contributed by atoms with Crippen molar-refractivity contribution in [3.63, 3.8) is 0 Å². The van der Waals surface area contributed by atoms with Gasteiger partial charge in [0.2, 0.25) is 6.43 Å². The number of hydrogen-bond acceptors (Lipinski definition) is 2. The maximum Gasteiger partial charge on any atom is 0.241 e. The second-order valence-corrected chi connectivity index (χ2v) is 4.00. The van der Waals surface area contributed by atoms with Gasteiger partial charge in [0.15, 0.2) is 0 Å². The molecule has 0 amide bonds. The lowest BCUT2D eigenvalue weighted by molar-refractivity contribution is 0.0338. The van der Waals surface area contributed by atoms with Crippen LogP contribution in [0.2, 0.25) is 0 Å². The molecule has 2 nitrogen and oxygen atoms in total. The molecule has 0 aromatic rings. The molecule has 0 spiro atoms. The molecular formula is C10H16F2N2. The van der Waals surface area contributed by atoms with Crippen molar-refractivity contribution in [1.29, 1.82) is 5.26 Å². The van der Waals surface area contributed by atoms with Gasteiger partial charge in [-0.25, -0.2) is 8.78 Å². The van der Waals surface area contributed by atoms with E-state index in [1.807, 2.05) is 6.92 Å². The van der Waals surface area contributed by atoms with Crippen LogP contribution in [0.1, 0.15) is 19.8 Å². The predicted octanol–water partition coefficient (Wildman–Crippen LogP) is 2.12. The molecule has 1 aliphatic heterocycles. The van der Waals surface area contributed by atoms with Gasteiger partial charge < -0.3 is 4.90 Å². The van der Waals surface area contributed by atoms with E-state index < -0.39 is 12.3 Å². The van der Waals surface area contributed by atoms with Crippen molar-refractivity contribution >= 4 is 0 Å². The monoisotopic (exact) mass is 202 g/mol. The summed E-state index contributed by atoms with van der Waals surface area (Å²) < 4.78 is 24.6.